The summed E-state index contributed by atoms with van der Waals surface area (Å²) in [5.74, 6) is -1.19. The van der Waals surface area contributed by atoms with Crippen LogP contribution in [0.15, 0.2) is 12.3 Å². The zero-order chi connectivity index (χ0) is 16.2. The highest BCUT2D eigenvalue weighted by Crippen LogP contribution is 2.40. The molecule has 1 saturated heterocycles. The summed E-state index contributed by atoms with van der Waals surface area (Å²) in [6.07, 6.45) is 2.34. The second kappa shape index (κ2) is 5.06. The van der Waals surface area contributed by atoms with E-state index in [1.165, 1.54) is 11.3 Å². The number of halogens is 2. The number of thiophene rings is 1. The number of anilines is 1. The molecule has 4 heterocycles. The summed E-state index contributed by atoms with van der Waals surface area (Å²) in [5, 5.41) is 2.02. The number of aryl methyl sites for hydroxylation is 2. The van der Waals surface area contributed by atoms with Crippen molar-refractivity contribution in [3.8, 4) is 0 Å². The Balaban J connectivity index is 1.94. The second-order valence-corrected chi connectivity index (χ2v) is 6.90. The van der Waals surface area contributed by atoms with Crippen LogP contribution in [0.4, 0.5) is 14.6 Å². The van der Waals surface area contributed by atoms with Crippen LogP contribution >= 0.6 is 11.3 Å². The Hall–Kier alpha value is -1.89. The number of alkyl halides is 2. The van der Waals surface area contributed by atoms with Crippen molar-refractivity contribution in [2.24, 2.45) is 0 Å². The van der Waals surface area contributed by atoms with E-state index in [0.717, 1.165) is 38.2 Å². The van der Waals surface area contributed by atoms with Gasteiger partial charge in [-0.05, 0) is 13.0 Å². The van der Waals surface area contributed by atoms with E-state index >= 15 is 0 Å². The van der Waals surface area contributed by atoms with Crippen LogP contribution in [0.5, 0.6) is 0 Å². The Kier molecular flexibility index (Phi) is 3.23. The van der Waals surface area contributed by atoms with Crippen LogP contribution in [-0.2, 0) is 6.42 Å². The van der Waals surface area contributed by atoms with E-state index in [1.807, 2.05) is 19.9 Å². The molecule has 23 heavy (non-hydrogen) atoms. The number of pyridine rings is 1. The van der Waals surface area contributed by atoms with Gasteiger partial charge in [-0.1, -0.05) is 6.92 Å². The molecule has 0 amide bonds. The molecular formula is C16H16F2N4S. The quantitative estimate of drug-likeness (QED) is 0.711. The maximum absolute atomic E-state index is 13.6. The first-order valence-corrected chi connectivity index (χ1v) is 8.47. The predicted octanol–water partition coefficient (Wildman–Crippen LogP) is 3.96. The summed E-state index contributed by atoms with van der Waals surface area (Å²) < 4.78 is 28.0. The largest absolute Gasteiger partial charge is 0.349 e. The molecule has 120 valence electrons. The lowest BCUT2D eigenvalue weighted by molar-refractivity contribution is 0.0257. The minimum Gasteiger partial charge on any atom is -0.349 e. The molecule has 1 fully saturated rings. The predicted molar refractivity (Wildman–Crippen MR) is 88.6 cm³/mol. The molecule has 4 rings (SSSR count). The summed E-state index contributed by atoms with van der Waals surface area (Å²) in [6.45, 7) is 4.06. The first kappa shape index (κ1) is 14.7. The Labute approximate surface area is 136 Å². The van der Waals surface area contributed by atoms with E-state index in [9.17, 15) is 8.78 Å². The number of hydrogen-bond acceptors (Lipinski definition) is 5. The molecule has 1 aliphatic rings. The van der Waals surface area contributed by atoms with Crippen molar-refractivity contribution in [1.29, 1.82) is 0 Å². The van der Waals surface area contributed by atoms with Gasteiger partial charge in [-0.15, -0.1) is 11.3 Å². The molecule has 0 aromatic carbocycles. The van der Waals surface area contributed by atoms with Crippen LogP contribution in [0, 0.1) is 6.92 Å². The fourth-order valence-corrected chi connectivity index (χ4v) is 4.37. The number of nitrogens with zero attached hydrogens (tertiary/aromatic N) is 4. The highest BCUT2D eigenvalue weighted by Gasteiger charge is 2.39. The molecule has 0 bridgehead atoms. The summed E-state index contributed by atoms with van der Waals surface area (Å²) >= 11 is 1.52. The van der Waals surface area contributed by atoms with E-state index in [4.69, 9.17) is 0 Å². The molecule has 0 aliphatic carbocycles. The minimum absolute atomic E-state index is 0.116. The molecule has 0 saturated carbocycles. The molecule has 3 aromatic rings. The third kappa shape index (κ3) is 2.34. The van der Waals surface area contributed by atoms with E-state index in [1.54, 1.807) is 11.1 Å². The first-order chi connectivity index (χ1) is 11.0. The Bertz CT molecular complexity index is 906. The average molecular weight is 334 g/mol. The average Bonchev–Trinajstić information content (AvgIpc) is 3.06. The Morgan fingerprint density at radius 3 is 2.87 bits per heavy atom. The van der Waals surface area contributed by atoms with Crippen molar-refractivity contribution in [3.05, 3.63) is 23.8 Å². The molecule has 0 N–H and O–H groups in total. The van der Waals surface area contributed by atoms with Gasteiger partial charge in [0.15, 0.2) is 0 Å². The van der Waals surface area contributed by atoms with E-state index in [-0.39, 0.29) is 13.0 Å². The number of aromatic nitrogens is 3. The summed E-state index contributed by atoms with van der Waals surface area (Å²) in [5.41, 5.74) is 0.932. The van der Waals surface area contributed by atoms with Gasteiger partial charge in [0.25, 0.3) is 5.92 Å². The third-order valence-corrected chi connectivity index (χ3v) is 5.34. The second-order valence-electron chi connectivity index (χ2n) is 5.90. The van der Waals surface area contributed by atoms with Crippen LogP contribution in [0.2, 0.25) is 0 Å². The van der Waals surface area contributed by atoms with Crippen LogP contribution in [0.25, 0.3) is 20.3 Å². The van der Waals surface area contributed by atoms with E-state index in [2.05, 4.69) is 15.0 Å². The van der Waals surface area contributed by atoms with Gasteiger partial charge >= 0.3 is 0 Å². The van der Waals surface area contributed by atoms with Crippen LogP contribution in [-0.4, -0.2) is 34.0 Å². The minimum atomic E-state index is -2.63. The SMILES string of the molecule is CCc1nc(C)c2c(n1)sc1c(N3CCC(F)(F)C3)nccc12. The molecule has 0 spiro atoms. The van der Waals surface area contributed by atoms with E-state index in [0.29, 0.717) is 12.4 Å². The third-order valence-electron chi connectivity index (χ3n) is 4.24. The zero-order valence-corrected chi connectivity index (χ0v) is 13.8. The lowest BCUT2D eigenvalue weighted by Gasteiger charge is -2.17. The lowest BCUT2D eigenvalue weighted by Crippen LogP contribution is -2.25. The fraction of sp³-hybridized carbons (Fsp3) is 0.438. The van der Waals surface area contributed by atoms with Gasteiger partial charge in [-0.3, -0.25) is 0 Å². The first-order valence-electron chi connectivity index (χ1n) is 7.66. The monoisotopic (exact) mass is 334 g/mol. The number of hydrogen-bond donors (Lipinski definition) is 0. The van der Waals surface area contributed by atoms with Crippen LogP contribution in [0.3, 0.4) is 0 Å². The van der Waals surface area contributed by atoms with Gasteiger partial charge in [0.1, 0.15) is 16.5 Å². The lowest BCUT2D eigenvalue weighted by atomic mass is 10.2. The maximum Gasteiger partial charge on any atom is 0.266 e. The molecule has 0 radical (unpaired) electrons. The summed E-state index contributed by atoms with van der Waals surface area (Å²) in [7, 11) is 0. The normalized spacial score (nSPS) is 17.5. The smallest absolute Gasteiger partial charge is 0.266 e. The van der Waals surface area contributed by atoms with Gasteiger partial charge in [-0.25, -0.2) is 23.7 Å². The van der Waals surface area contributed by atoms with Crippen LogP contribution < -0.4 is 4.90 Å². The fourth-order valence-electron chi connectivity index (χ4n) is 3.12. The van der Waals surface area contributed by atoms with Crippen molar-refractivity contribution in [3.63, 3.8) is 0 Å². The number of rotatable bonds is 2. The topological polar surface area (TPSA) is 41.9 Å². The van der Waals surface area contributed by atoms with Gasteiger partial charge in [-0.2, -0.15) is 0 Å². The molecule has 1 aliphatic heterocycles. The van der Waals surface area contributed by atoms with Crippen molar-refractivity contribution in [1.82, 2.24) is 15.0 Å². The van der Waals surface area contributed by atoms with Gasteiger partial charge in [0.05, 0.1) is 16.9 Å². The molecule has 7 heteroatoms. The Morgan fingerprint density at radius 1 is 1.35 bits per heavy atom. The molecule has 3 aromatic heterocycles. The molecular weight excluding hydrogens is 318 g/mol. The zero-order valence-electron chi connectivity index (χ0n) is 12.9. The highest BCUT2D eigenvalue weighted by molar-refractivity contribution is 7.26. The maximum atomic E-state index is 13.6. The van der Waals surface area contributed by atoms with Gasteiger partial charge in [0, 0.05) is 36.4 Å². The van der Waals surface area contributed by atoms with E-state index < -0.39 is 5.92 Å². The van der Waals surface area contributed by atoms with Crippen molar-refractivity contribution in [2.75, 3.05) is 18.0 Å². The summed E-state index contributed by atoms with van der Waals surface area (Å²) in [4.78, 5) is 16.1. The molecule has 0 unspecified atom stereocenters. The van der Waals surface area contributed by atoms with Crippen molar-refractivity contribution < 1.29 is 8.78 Å². The standard InChI is InChI=1S/C16H16F2N4S/c1-3-11-20-9(2)12-10-4-6-19-14(13(10)23-15(12)21-11)22-7-5-16(17,18)8-22/h4,6H,3,5,7-8H2,1-2H3. The highest BCUT2D eigenvalue weighted by atomic mass is 32.1. The number of fused-ring (bicyclic) bond motifs is 3. The van der Waals surface area contributed by atoms with Gasteiger partial charge < -0.3 is 4.90 Å². The van der Waals surface area contributed by atoms with Crippen molar-refractivity contribution >= 4 is 37.5 Å². The molecule has 4 nitrogen and oxygen atoms in total. The van der Waals surface area contributed by atoms with Crippen LogP contribution in [0.1, 0.15) is 24.9 Å². The summed E-state index contributed by atoms with van der Waals surface area (Å²) in [6, 6.07) is 1.92. The van der Waals surface area contributed by atoms with Gasteiger partial charge in [0.2, 0.25) is 0 Å². The molecule has 0 atom stereocenters. The van der Waals surface area contributed by atoms with Crippen molar-refractivity contribution in [2.45, 2.75) is 32.6 Å². The Morgan fingerprint density at radius 2 is 2.17 bits per heavy atom.